The molecule has 1 aliphatic heterocycles. The normalized spacial score (nSPS) is 12.8. The maximum atomic E-state index is 13.2. The molecule has 41 heavy (non-hydrogen) atoms. The van der Waals surface area contributed by atoms with E-state index in [0.29, 0.717) is 11.3 Å². The number of fused-ring (bicyclic) bond motifs is 1. The summed E-state index contributed by atoms with van der Waals surface area (Å²) in [5.41, 5.74) is 6.40. The Morgan fingerprint density at radius 2 is 1.66 bits per heavy atom. The van der Waals surface area contributed by atoms with E-state index in [9.17, 15) is 9.59 Å². The molecule has 1 aromatic heterocycles. The summed E-state index contributed by atoms with van der Waals surface area (Å²) in [6, 6.07) is 17.2. The third kappa shape index (κ3) is 6.53. The number of ether oxygens (including phenoxy) is 2. The van der Waals surface area contributed by atoms with Gasteiger partial charge in [0.05, 0.1) is 31.7 Å². The molecule has 0 saturated heterocycles. The summed E-state index contributed by atoms with van der Waals surface area (Å²) in [5.74, 6) is 0.791. The Balaban J connectivity index is 1.20. The molecule has 0 bridgehead atoms. The van der Waals surface area contributed by atoms with Crippen molar-refractivity contribution in [3.05, 3.63) is 107 Å². The van der Waals surface area contributed by atoms with Crippen LogP contribution in [-0.4, -0.2) is 54.0 Å². The molecule has 9 nitrogen and oxygen atoms in total. The van der Waals surface area contributed by atoms with Gasteiger partial charge in [-0.3, -0.25) is 19.5 Å². The van der Waals surface area contributed by atoms with Crippen LogP contribution < -0.4 is 20.1 Å². The molecule has 2 heterocycles. The van der Waals surface area contributed by atoms with E-state index >= 15 is 0 Å². The van der Waals surface area contributed by atoms with E-state index in [2.05, 4.69) is 49.8 Å². The molecule has 2 amide bonds. The molecule has 1 aliphatic rings. The predicted molar refractivity (Wildman–Crippen MR) is 158 cm³/mol. The Morgan fingerprint density at radius 1 is 0.902 bits per heavy atom. The lowest BCUT2D eigenvalue weighted by atomic mass is 9.98. The van der Waals surface area contributed by atoms with E-state index in [1.165, 1.54) is 35.3 Å². The van der Waals surface area contributed by atoms with Crippen LogP contribution in [0.4, 0.5) is 11.4 Å². The number of hydrogen-bond acceptors (Lipinski definition) is 7. The SMILES string of the molecule is COc1cc2c(cc1OC)CN(CCc1ccc(NC(=O)c3ccccc3NC(=O)c3cnccn3)c(C)c1)CC2. The molecule has 0 unspecified atom stereocenters. The van der Waals surface area contributed by atoms with Crippen LogP contribution in [0.3, 0.4) is 0 Å². The molecule has 0 aliphatic carbocycles. The number of methoxy groups -OCH3 is 2. The summed E-state index contributed by atoms with van der Waals surface area (Å²) in [4.78, 5) is 36.2. The van der Waals surface area contributed by atoms with Crippen LogP contribution >= 0.6 is 0 Å². The second-order valence-corrected chi connectivity index (χ2v) is 9.95. The molecule has 5 rings (SSSR count). The van der Waals surface area contributed by atoms with E-state index in [4.69, 9.17) is 9.47 Å². The summed E-state index contributed by atoms with van der Waals surface area (Å²) in [5, 5.41) is 5.76. The Hall–Kier alpha value is -4.76. The molecule has 0 saturated carbocycles. The van der Waals surface area contributed by atoms with Crippen molar-refractivity contribution >= 4 is 23.2 Å². The van der Waals surface area contributed by atoms with Crippen LogP contribution in [0, 0.1) is 6.92 Å². The highest BCUT2D eigenvalue weighted by Gasteiger charge is 2.20. The van der Waals surface area contributed by atoms with Crippen molar-refractivity contribution < 1.29 is 19.1 Å². The fourth-order valence-electron chi connectivity index (χ4n) is 5.02. The fraction of sp³-hybridized carbons (Fsp3) is 0.250. The largest absolute Gasteiger partial charge is 0.493 e. The van der Waals surface area contributed by atoms with E-state index in [1.54, 1.807) is 38.5 Å². The van der Waals surface area contributed by atoms with E-state index < -0.39 is 5.91 Å². The molecule has 3 aromatic carbocycles. The fourth-order valence-corrected chi connectivity index (χ4v) is 5.02. The number of benzene rings is 3. The number of aromatic nitrogens is 2. The quantitative estimate of drug-likeness (QED) is 0.305. The van der Waals surface area contributed by atoms with Gasteiger partial charge in [0.15, 0.2) is 11.5 Å². The Labute approximate surface area is 239 Å². The van der Waals surface area contributed by atoms with Gasteiger partial charge in [-0.1, -0.05) is 24.3 Å². The first-order valence-electron chi connectivity index (χ1n) is 13.5. The molecule has 210 valence electrons. The van der Waals surface area contributed by atoms with Crippen molar-refractivity contribution in [1.29, 1.82) is 0 Å². The zero-order valence-corrected chi connectivity index (χ0v) is 23.4. The first kappa shape index (κ1) is 27.8. The number of nitrogens with one attached hydrogen (secondary N) is 2. The van der Waals surface area contributed by atoms with Crippen LogP contribution in [0.15, 0.2) is 73.2 Å². The molecule has 9 heteroatoms. The summed E-state index contributed by atoms with van der Waals surface area (Å²) in [6.07, 6.45) is 6.19. The zero-order chi connectivity index (χ0) is 28.8. The highest BCUT2D eigenvalue weighted by atomic mass is 16.5. The highest BCUT2D eigenvalue weighted by Crippen LogP contribution is 2.33. The van der Waals surface area contributed by atoms with Gasteiger partial charge in [0.25, 0.3) is 11.8 Å². The van der Waals surface area contributed by atoms with Gasteiger partial charge in [-0.2, -0.15) is 0 Å². The standard InChI is InChI=1S/C32H33N5O4/c1-21-16-22(10-14-37-15-11-23-17-29(40-2)30(41-3)18-24(23)20-37)8-9-26(21)35-31(38)25-6-4-5-7-27(25)36-32(39)28-19-33-12-13-34-28/h4-9,12-13,16-19H,10-11,14-15,20H2,1-3H3,(H,35,38)(H,36,39). The number of carbonyl (C=O) groups excluding carboxylic acids is 2. The first-order chi connectivity index (χ1) is 19.9. The maximum Gasteiger partial charge on any atom is 0.275 e. The lowest BCUT2D eigenvalue weighted by molar-refractivity contribution is 0.102. The Kier molecular flexibility index (Phi) is 8.55. The number of carbonyl (C=O) groups is 2. The highest BCUT2D eigenvalue weighted by molar-refractivity contribution is 6.12. The van der Waals surface area contributed by atoms with Crippen molar-refractivity contribution in [1.82, 2.24) is 14.9 Å². The van der Waals surface area contributed by atoms with Crippen LogP contribution in [0.2, 0.25) is 0 Å². The van der Waals surface area contributed by atoms with Crippen molar-refractivity contribution in [3.63, 3.8) is 0 Å². The third-order valence-electron chi connectivity index (χ3n) is 7.27. The van der Waals surface area contributed by atoms with Crippen LogP contribution in [-0.2, 0) is 19.4 Å². The number of rotatable bonds is 9. The second kappa shape index (κ2) is 12.6. The first-order valence-corrected chi connectivity index (χ1v) is 13.5. The van der Waals surface area contributed by atoms with Gasteiger partial charge in [0.1, 0.15) is 5.69 Å². The molecule has 0 fully saturated rings. The lowest BCUT2D eigenvalue weighted by Gasteiger charge is -2.29. The minimum absolute atomic E-state index is 0.169. The van der Waals surface area contributed by atoms with Crippen molar-refractivity contribution in [2.75, 3.05) is 37.9 Å². The van der Waals surface area contributed by atoms with E-state index in [-0.39, 0.29) is 11.6 Å². The lowest BCUT2D eigenvalue weighted by Crippen LogP contribution is -2.32. The smallest absolute Gasteiger partial charge is 0.275 e. The van der Waals surface area contributed by atoms with Gasteiger partial charge in [0.2, 0.25) is 0 Å². The Bertz CT molecular complexity index is 1560. The van der Waals surface area contributed by atoms with Gasteiger partial charge in [-0.15, -0.1) is 0 Å². The molecular weight excluding hydrogens is 518 g/mol. The number of para-hydroxylation sites is 1. The van der Waals surface area contributed by atoms with Gasteiger partial charge < -0.3 is 20.1 Å². The average Bonchev–Trinajstić information content (AvgIpc) is 3.01. The molecule has 0 atom stereocenters. The summed E-state index contributed by atoms with van der Waals surface area (Å²) < 4.78 is 10.9. The number of hydrogen-bond donors (Lipinski definition) is 2. The van der Waals surface area contributed by atoms with E-state index in [0.717, 1.165) is 55.2 Å². The van der Waals surface area contributed by atoms with Crippen LogP contribution in [0.1, 0.15) is 43.1 Å². The second-order valence-electron chi connectivity index (χ2n) is 9.95. The summed E-state index contributed by atoms with van der Waals surface area (Å²) in [6.45, 7) is 4.77. The minimum atomic E-state index is -0.435. The average molecular weight is 552 g/mol. The van der Waals surface area contributed by atoms with Crippen molar-refractivity contribution in [2.45, 2.75) is 26.3 Å². The molecule has 4 aromatic rings. The minimum Gasteiger partial charge on any atom is -0.493 e. The third-order valence-corrected chi connectivity index (χ3v) is 7.27. The predicted octanol–water partition coefficient (Wildman–Crippen LogP) is 4.91. The molecular formula is C32H33N5O4. The molecule has 0 spiro atoms. The topological polar surface area (TPSA) is 106 Å². The maximum absolute atomic E-state index is 13.2. The monoisotopic (exact) mass is 551 g/mol. The van der Waals surface area contributed by atoms with Gasteiger partial charge in [-0.25, -0.2) is 4.98 Å². The molecule has 0 radical (unpaired) electrons. The van der Waals surface area contributed by atoms with Crippen molar-refractivity contribution in [2.24, 2.45) is 0 Å². The number of nitrogens with zero attached hydrogens (tertiary/aromatic N) is 3. The van der Waals surface area contributed by atoms with Crippen LogP contribution in [0.25, 0.3) is 0 Å². The van der Waals surface area contributed by atoms with Gasteiger partial charge in [-0.05, 0) is 72.4 Å². The zero-order valence-electron chi connectivity index (χ0n) is 23.4. The summed E-state index contributed by atoms with van der Waals surface area (Å²) in [7, 11) is 3.33. The number of anilines is 2. The number of aryl methyl sites for hydroxylation is 1. The Morgan fingerprint density at radius 3 is 2.39 bits per heavy atom. The van der Waals surface area contributed by atoms with Gasteiger partial charge in [0, 0.05) is 37.7 Å². The van der Waals surface area contributed by atoms with Crippen molar-refractivity contribution in [3.8, 4) is 11.5 Å². The van der Waals surface area contributed by atoms with Gasteiger partial charge >= 0.3 is 0 Å². The van der Waals surface area contributed by atoms with E-state index in [1.807, 2.05) is 13.0 Å². The molecule has 2 N–H and O–H groups in total. The van der Waals surface area contributed by atoms with Crippen LogP contribution in [0.5, 0.6) is 11.5 Å². The summed E-state index contributed by atoms with van der Waals surface area (Å²) >= 11 is 0. The number of amides is 2.